The van der Waals surface area contributed by atoms with Crippen molar-refractivity contribution in [3.8, 4) is 5.75 Å². The maximum Gasteiger partial charge on any atom is 0.133 e. The molecule has 0 saturated heterocycles. The van der Waals surface area contributed by atoms with E-state index in [0.717, 1.165) is 23.2 Å². The third-order valence-corrected chi connectivity index (χ3v) is 2.51. The highest BCUT2D eigenvalue weighted by Crippen LogP contribution is 2.26. The highest BCUT2D eigenvalue weighted by atomic mass is 35.5. The number of halogens is 1. The molecule has 4 heteroatoms. The summed E-state index contributed by atoms with van der Waals surface area (Å²) in [6.45, 7) is 2.82. The van der Waals surface area contributed by atoms with Crippen LogP contribution in [0.1, 0.15) is 11.1 Å². The first-order valence-corrected chi connectivity index (χ1v) is 5.04. The molecular weight excluding hydrogens is 214 g/mol. The first kappa shape index (κ1) is 12.0. The van der Waals surface area contributed by atoms with Crippen LogP contribution in [-0.2, 0) is 11.3 Å². The van der Waals surface area contributed by atoms with E-state index in [1.807, 2.05) is 19.1 Å². The minimum absolute atomic E-state index is 0.328. The lowest BCUT2D eigenvalue weighted by atomic mass is 10.1. The zero-order valence-electron chi connectivity index (χ0n) is 8.84. The minimum Gasteiger partial charge on any atom is -0.496 e. The fourth-order valence-electron chi connectivity index (χ4n) is 1.29. The van der Waals surface area contributed by atoms with Crippen molar-refractivity contribution in [2.24, 2.45) is 0 Å². The number of methoxy groups -OCH3 is 1. The molecule has 0 bridgehead atoms. The van der Waals surface area contributed by atoms with Crippen LogP contribution in [0.15, 0.2) is 12.1 Å². The summed E-state index contributed by atoms with van der Waals surface area (Å²) in [6, 6.07) is 3.74. The number of carbonyl (C=O) groups is 1. The van der Waals surface area contributed by atoms with Gasteiger partial charge in [-0.1, -0.05) is 11.6 Å². The van der Waals surface area contributed by atoms with E-state index in [4.69, 9.17) is 16.3 Å². The third-order valence-electron chi connectivity index (χ3n) is 2.10. The summed E-state index contributed by atoms with van der Waals surface area (Å²) < 4.78 is 5.22. The summed E-state index contributed by atoms with van der Waals surface area (Å²) in [5.74, 6) is 0.787. The molecule has 1 rings (SSSR count). The van der Waals surface area contributed by atoms with Gasteiger partial charge in [-0.15, -0.1) is 0 Å². The van der Waals surface area contributed by atoms with Gasteiger partial charge in [0.25, 0.3) is 0 Å². The number of hydrogen-bond donors (Lipinski definition) is 1. The molecule has 1 aromatic carbocycles. The van der Waals surface area contributed by atoms with Crippen molar-refractivity contribution in [1.29, 1.82) is 0 Å². The SMILES string of the molecule is COc1cc(C)c(Cl)cc1CNCC=O. The molecule has 0 unspecified atom stereocenters. The molecule has 0 amide bonds. The van der Waals surface area contributed by atoms with Crippen LogP contribution in [0.4, 0.5) is 0 Å². The minimum atomic E-state index is 0.328. The Morgan fingerprint density at radius 1 is 1.53 bits per heavy atom. The van der Waals surface area contributed by atoms with Crippen molar-refractivity contribution in [1.82, 2.24) is 5.32 Å². The van der Waals surface area contributed by atoms with Gasteiger partial charge in [-0.05, 0) is 24.6 Å². The molecule has 15 heavy (non-hydrogen) atoms. The molecule has 3 nitrogen and oxygen atoms in total. The van der Waals surface area contributed by atoms with Crippen molar-refractivity contribution in [2.75, 3.05) is 13.7 Å². The molecule has 1 N–H and O–H groups in total. The monoisotopic (exact) mass is 227 g/mol. The molecule has 0 aliphatic heterocycles. The smallest absolute Gasteiger partial charge is 0.133 e. The average Bonchev–Trinajstić information content (AvgIpc) is 2.23. The van der Waals surface area contributed by atoms with Crippen molar-refractivity contribution >= 4 is 17.9 Å². The predicted molar refractivity (Wildman–Crippen MR) is 60.5 cm³/mol. The molecule has 0 fully saturated rings. The third kappa shape index (κ3) is 3.22. The van der Waals surface area contributed by atoms with Crippen LogP contribution in [0.25, 0.3) is 0 Å². The quantitative estimate of drug-likeness (QED) is 0.617. The number of nitrogens with one attached hydrogen (secondary N) is 1. The lowest BCUT2D eigenvalue weighted by molar-refractivity contribution is -0.107. The van der Waals surface area contributed by atoms with Crippen LogP contribution >= 0.6 is 11.6 Å². The lowest BCUT2D eigenvalue weighted by Gasteiger charge is -2.10. The van der Waals surface area contributed by atoms with Crippen LogP contribution in [0.5, 0.6) is 5.75 Å². The first-order valence-electron chi connectivity index (χ1n) is 4.66. The molecule has 0 atom stereocenters. The van der Waals surface area contributed by atoms with Gasteiger partial charge in [0.1, 0.15) is 12.0 Å². The highest BCUT2D eigenvalue weighted by Gasteiger charge is 2.06. The van der Waals surface area contributed by atoms with Crippen molar-refractivity contribution in [3.63, 3.8) is 0 Å². The number of benzene rings is 1. The van der Waals surface area contributed by atoms with Gasteiger partial charge in [-0.25, -0.2) is 0 Å². The fraction of sp³-hybridized carbons (Fsp3) is 0.364. The van der Waals surface area contributed by atoms with Crippen LogP contribution in [0, 0.1) is 6.92 Å². The zero-order chi connectivity index (χ0) is 11.3. The van der Waals surface area contributed by atoms with Crippen LogP contribution in [0.3, 0.4) is 0 Å². The van der Waals surface area contributed by atoms with E-state index in [-0.39, 0.29) is 0 Å². The molecule has 1 aromatic rings. The molecule has 0 aliphatic rings. The Morgan fingerprint density at radius 2 is 2.27 bits per heavy atom. The Bertz CT molecular complexity index is 353. The summed E-state index contributed by atoms with van der Waals surface area (Å²) in [4.78, 5) is 10.2. The van der Waals surface area contributed by atoms with E-state index >= 15 is 0 Å². The standard InChI is InChI=1S/C11H14ClNO2/c1-8-5-11(15-2)9(6-10(8)12)7-13-3-4-14/h4-6,13H,3,7H2,1-2H3. The maximum absolute atomic E-state index is 10.2. The largest absolute Gasteiger partial charge is 0.496 e. The van der Waals surface area contributed by atoms with Gasteiger partial charge in [-0.2, -0.15) is 0 Å². The molecule has 82 valence electrons. The van der Waals surface area contributed by atoms with Gasteiger partial charge < -0.3 is 14.8 Å². The zero-order valence-corrected chi connectivity index (χ0v) is 9.60. The molecule has 0 saturated carbocycles. The highest BCUT2D eigenvalue weighted by molar-refractivity contribution is 6.31. The normalized spacial score (nSPS) is 10.1. The van der Waals surface area contributed by atoms with Gasteiger partial charge in [-0.3, -0.25) is 0 Å². The number of hydrogen-bond acceptors (Lipinski definition) is 3. The summed E-state index contributed by atoms with van der Waals surface area (Å²) in [6.07, 6.45) is 0.822. The number of ether oxygens (including phenoxy) is 1. The Hall–Kier alpha value is -1.06. The molecule has 0 heterocycles. The second-order valence-corrected chi connectivity index (χ2v) is 3.62. The Labute approximate surface area is 94.4 Å². The number of aldehydes is 1. The summed E-state index contributed by atoms with van der Waals surface area (Å²) in [5, 5.41) is 3.67. The lowest BCUT2D eigenvalue weighted by Crippen LogP contribution is -2.16. The summed E-state index contributed by atoms with van der Waals surface area (Å²) in [5.41, 5.74) is 1.93. The van der Waals surface area contributed by atoms with Crippen LogP contribution in [-0.4, -0.2) is 19.9 Å². The number of carbonyl (C=O) groups excluding carboxylic acids is 1. The van der Waals surface area contributed by atoms with Crippen molar-refractivity contribution in [3.05, 3.63) is 28.3 Å². The predicted octanol–water partition coefficient (Wildman–Crippen LogP) is 1.95. The second kappa shape index (κ2) is 5.73. The van der Waals surface area contributed by atoms with Crippen molar-refractivity contribution in [2.45, 2.75) is 13.5 Å². The Morgan fingerprint density at radius 3 is 2.87 bits per heavy atom. The Kier molecular flexibility index (Phi) is 4.59. The van der Waals surface area contributed by atoms with E-state index in [1.54, 1.807) is 7.11 Å². The first-order chi connectivity index (χ1) is 7.19. The van der Waals surface area contributed by atoms with Crippen molar-refractivity contribution < 1.29 is 9.53 Å². The van der Waals surface area contributed by atoms with E-state index in [9.17, 15) is 4.79 Å². The average molecular weight is 228 g/mol. The van der Waals surface area contributed by atoms with Crippen LogP contribution < -0.4 is 10.1 Å². The molecule has 0 aromatic heterocycles. The fourth-order valence-corrected chi connectivity index (χ4v) is 1.48. The van der Waals surface area contributed by atoms with Gasteiger partial charge in [0.2, 0.25) is 0 Å². The molecule has 0 spiro atoms. The van der Waals surface area contributed by atoms with Gasteiger partial charge in [0.05, 0.1) is 13.7 Å². The van der Waals surface area contributed by atoms with Gasteiger partial charge in [0.15, 0.2) is 0 Å². The van der Waals surface area contributed by atoms with Crippen LogP contribution in [0.2, 0.25) is 5.02 Å². The summed E-state index contributed by atoms with van der Waals surface area (Å²) in [7, 11) is 1.62. The molecule has 0 radical (unpaired) electrons. The van der Waals surface area contributed by atoms with Gasteiger partial charge >= 0.3 is 0 Å². The maximum atomic E-state index is 10.2. The van der Waals surface area contributed by atoms with E-state index in [0.29, 0.717) is 18.1 Å². The second-order valence-electron chi connectivity index (χ2n) is 3.21. The van der Waals surface area contributed by atoms with E-state index < -0.39 is 0 Å². The molecule has 0 aliphatic carbocycles. The van der Waals surface area contributed by atoms with E-state index in [1.165, 1.54) is 0 Å². The van der Waals surface area contributed by atoms with E-state index in [2.05, 4.69) is 5.32 Å². The Balaban J connectivity index is 2.84. The molecular formula is C11H14ClNO2. The topological polar surface area (TPSA) is 38.3 Å². The van der Waals surface area contributed by atoms with Gasteiger partial charge in [0, 0.05) is 17.1 Å². The number of aryl methyl sites for hydroxylation is 1. The number of rotatable bonds is 5. The summed E-state index contributed by atoms with van der Waals surface area (Å²) >= 11 is 6.00.